The fraction of sp³-hybridized carbons (Fsp3) is 1.00. The van der Waals surface area contributed by atoms with E-state index in [-0.39, 0.29) is 0 Å². The zero-order valence-electron chi connectivity index (χ0n) is 5.76. The number of rotatable bonds is 2. The minimum atomic E-state index is 0.500. The van der Waals surface area contributed by atoms with E-state index in [0.717, 1.165) is 5.92 Å². The summed E-state index contributed by atoms with van der Waals surface area (Å²) < 4.78 is 0. The van der Waals surface area contributed by atoms with Crippen molar-refractivity contribution in [3.8, 4) is 0 Å². The molecule has 0 spiro atoms. The van der Waals surface area contributed by atoms with Crippen molar-refractivity contribution < 1.29 is 0 Å². The largest absolute Gasteiger partial charge is 0.271 e. The highest BCUT2D eigenvalue weighted by atomic mass is 32.2. The molecule has 2 atom stereocenters. The maximum atomic E-state index is 5.29. The fourth-order valence-electron chi connectivity index (χ4n) is 1.08. The van der Waals surface area contributed by atoms with Gasteiger partial charge < -0.3 is 0 Å². The molecule has 0 radical (unpaired) electrons. The molecule has 1 aliphatic heterocycles. The predicted octanol–water partition coefficient (Wildman–Crippen LogP) is 0.591. The average Bonchev–Trinajstić information content (AvgIpc) is 2.37. The number of hydrogen-bond donors (Lipinski definition) is 2. The molecule has 0 bridgehead atoms. The highest BCUT2D eigenvalue weighted by Crippen LogP contribution is 2.25. The standard InChI is InChI=1S/C6H14N2S/c1-5(8-7)6-2-3-9-4-6/h5-6,8H,2-4,7H2,1H3. The third-order valence-corrected chi connectivity index (χ3v) is 3.12. The molecule has 1 heterocycles. The van der Waals surface area contributed by atoms with Gasteiger partial charge in [-0.05, 0) is 30.8 Å². The van der Waals surface area contributed by atoms with Crippen molar-refractivity contribution in [3.63, 3.8) is 0 Å². The van der Waals surface area contributed by atoms with Gasteiger partial charge in [-0.25, -0.2) is 0 Å². The minimum Gasteiger partial charge on any atom is -0.271 e. The molecule has 3 heteroatoms. The molecule has 2 unspecified atom stereocenters. The first-order valence-corrected chi connectivity index (χ1v) is 4.54. The summed E-state index contributed by atoms with van der Waals surface area (Å²) in [6.07, 6.45) is 1.33. The summed E-state index contributed by atoms with van der Waals surface area (Å²) in [4.78, 5) is 0. The van der Waals surface area contributed by atoms with Crippen molar-refractivity contribution in [2.24, 2.45) is 11.8 Å². The Kier molecular flexibility index (Phi) is 2.82. The zero-order chi connectivity index (χ0) is 6.69. The lowest BCUT2D eigenvalue weighted by Gasteiger charge is -2.15. The summed E-state index contributed by atoms with van der Waals surface area (Å²) in [5.74, 6) is 8.70. The van der Waals surface area contributed by atoms with Crippen LogP contribution in [0.1, 0.15) is 13.3 Å². The molecule has 54 valence electrons. The Morgan fingerprint density at radius 1 is 1.78 bits per heavy atom. The van der Waals surface area contributed by atoms with Crippen LogP contribution in [0, 0.1) is 5.92 Å². The van der Waals surface area contributed by atoms with Gasteiger partial charge >= 0.3 is 0 Å². The molecule has 0 aromatic rings. The van der Waals surface area contributed by atoms with Gasteiger partial charge in [0.1, 0.15) is 0 Å². The lowest BCUT2D eigenvalue weighted by molar-refractivity contribution is 0.416. The van der Waals surface area contributed by atoms with Gasteiger partial charge in [-0.1, -0.05) is 0 Å². The van der Waals surface area contributed by atoms with Crippen LogP contribution in [0.4, 0.5) is 0 Å². The van der Waals surface area contributed by atoms with Gasteiger partial charge in [0.2, 0.25) is 0 Å². The second kappa shape index (κ2) is 3.44. The van der Waals surface area contributed by atoms with Gasteiger partial charge in [-0.15, -0.1) is 0 Å². The Morgan fingerprint density at radius 2 is 2.56 bits per heavy atom. The molecule has 1 aliphatic rings. The molecular formula is C6H14N2S. The second-order valence-electron chi connectivity index (χ2n) is 2.58. The van der Waals surface area contributed by atoms with E-state index in [1.165, 1.54) is 17.9 Å². The second-order valence-corrected chi connectivity index (χ2v) is 3.73. The van der Waals surface area contributed by atoms with E-state index in [2.05, 4.69) is 12.3 Å². The van der Waals surface area contributed by atoms with Crippen molar-refractivity contribution in [2.45, 2.75) is 19.4 Å². The van der Waals surface area contributed by atoms with Gasteiger partial charge in [-0.2, -0.15) is 11.8 Å². The number of nitrogens with two attached hydrogens (primary N) is 1. The van der Waals surface area contributed by atoms with Crippen LogP contribution >= 0.6 is 11.8 Å². The van der Waals surface area contributed by atoms with Gasteiger partial charge in [0.15, 0.2) is 0 Å². The molecule has 0 saturated carbocycles. The summed E-state index contributed by atoms with van der Waals surface area (Å²) in [7, 11) is 0. The van der Waals surface area contributed by atoms with Crippen LogP contribution < -0.4 is 11.3 Å². The first kappa shape index (κ1) is 7.38. The molecule has 2 nitrogen and oxygen atoms in total. The first-order chi connectivity index (χ1) is 4.34. The van der Waals surface area contributed by atoms with Crippen LogP contribution in [0.5, 0.6) is 0 Å². The van der Waals surface area contributed by atoms with Crippen LogP contribution in [0.15, 0.2) is 0 Å². The van der Waals surface area contributed by atoms with Crippen LogP contribution in [-0.4, -0.2) is 17.5 Å². The molecule has 9 heavy (non-hydrogen) atoms. The van der Waals surface area contributed by atoms with E-state index in [0.29, 0.717) is 6.04 Å². The van der Waals surface area contributed by atoms with E-state index < -0.39 is 0 Å². The van der Waals surface area contributed by atoms with Crippen LogP contribution in [0.2, 0.25) is 0 Å². The van der Waals surface area contributed by atoms with Crippen molar-refractivity contribution in [3.05, 3.63) is 0 Å². The maximum absolute atomic E-state index is 5.29. The molecule has 0 aromatic heterocycles. The third-order valence-electron chi connectivity index (χ3n) is 1.93. The summed E-state index contributed by atoms with van der Waals surface area (Å²) >= 11 is 2.03. The van der Waals surface area contributed by atoms with Crippen LogP contribution in [0.3, 0.4) is 0 Å². The van der Waals surface area contributed by atoms with E-state index in [1.54, 1.807) is 0 Å². The molecule has 0 aromatic carbocycles. The van der Waals surface area contributed by atoms with E-state index in [9.17, 15) is 0 Å². The molecule has 0 amide bonds. The maximum Gasteiger partial charge on any atom is 0.0218 e. The van der Waals surface area contributed by atoms with Gasteiger partial charge in [-0.3, -0.25) is 11.3 Å². The molecular weight excluding hydrogens is 132 g/mol. The molecule has 1 rings (SSSR count). The fourth-order valence-corrected chi connectivity index (χ4v) is 2.48. The van der Waals surface area contributed by atoms with Crippen molar-refractivity contribution in [1.82, 2.24) is 5.43 Å². The minimum absolute atomic E-state index is 0.500. The van der Waals surface area contributed by atoms with Gasteiger partial charge in [0.25, 0.3) is 0 Å². The summed E-state index contributed by atoms with van der Waals surface area (Å²) in [6.45, 7) is 2.15. The Bertz CT molecular complexity index is 81.1. The van der Waals surface area contributed by atoms with Gasteiger partial charge in [0.05, 0.1) is 0 Å². The van der Waals surface area contributed by atoms with Crippen LogP contribution in [0.25, 0.3) is 0 Å². The summed E-state index contributed by atoms with van der Waals surface area (Å²) in [5, 5.41) is 0. The average molecular weight is 146 g/mol. The molecule has 0 aliphatic carbocycles. The highest BCUT2D eigenvalue weighted by molar-refractivity contribution is 7.99. The first-order valence-electron chi connectivity index (χ1n) is 3.38. The number of hydrazine groups is 1. The number of nitrogens with one attached hydrogen (secondary N) is 1. The Balaban J connectivity index is 2.24. The quantitative estimate of drug-likeness (QED) is 0.442. The lowest BCUT2D eigenvalue weighted by atomic mass is 10.0. The normalized spacial score (nSPS) is 30.7. The van der Waals surface area contributed by atoms with E-state index in [4.69, 9.17) is 5.84 Å². The molecule has 3 N–H and O–H groups in total. The lowest BCUT2D eigenvalue weighted by Crippen LogP contribution is -2.38. The zero-order valence-corrected chi connectivity index (χ0v) is 6.58. The molecule has 1 fully saturated rings. The van der Waals surface area contributed by atoms with Crippen molar-refractivity contribution >= 4 is 11.8 Å². The predicted molar refractivity (Wildman–Crippen MR) is 42.2 cm³/mol. The summed E-state index contributed by atoms with van der Waals surface area (Å²) in [6, 6.07) is 0.500. The van der Waals surface area contributed by atoms with E-state index >= 15 is 0 Å². The van der Waals surface area contributed by atoms with Gasteiger partial charge in [0, 0.05) is 6.04 Å². The Morgan fingerprint density at radius 3 is 3.00 bits per heavy atom. The van der Waals surface area contributed by atoms with E-state index in [1.807, 2.05) is 11.8 Å². The summed E-state index contributed by atoms with van der Waals surface area (Å²) in [5.41, 5.74) is 2.79. The topological polar surface area (TPSA) is 38.0 Å². The van der Waals surface area contributed by atoms with Crippen molar-refractivity contribution in [2.75, 3.05) is 11.5 Å². The highest BCUT2D eigenvalue weighted by Gasteiger charge is 2.20. The SMILES string of the molecule is CC(NN)C1CCSC1. The molecule has 1 saturated heterocycles. The smallest absolute Gasteiger partial charge is 0.0218 e. The Labute approximate surface area is 60.5 Å². The van der Waals surface area contributed by atoms with Crippen LogP contribution in [-0.2, 0) is 0 Å². The number of hydrogen-bond acceptors (Lipinski definition) is 3. The monoisotopic (exact) mass is 146 g/mol. The number of thioether (sulfide) groups is 1. The third kappa shape index (κ3) is 1.85. The van der Waals surface area contributed by atoms with Crippen molar-refractivity contribution in [1.29, 1.82) is 0 Å². The Hall–Kier alpha value is 0.270.